The molecule has 0 aliphatic heterocycles. The van der Waals surface area contributed by atoms with Crippen molar-refractivity contribution in [3.8, 4) is 6.07 Å². The van der Waals surface area contributed by atoms with Crippen LogP contribution >= 0.6 is 11.8 Å². The first kappa shape index (κ1) is 6.95. The molecule has 0 saturated heterocycles. The fourth-order valence-corrected chi connectivity index (χ4v) is 1.68. The van der Waals surface area contributed by atoms with Crippen molar-refractivity contribution in [2.24, 2.45) is 5.41 Å². The fourth-order valence-electron chi connectivity index (χ4n) is 0.737. The third kappa shape index (κ3) is 1.62. The van der Waals surface area contributed by atoms with Crippen LogP contribution in [-0.2, 0) is 0 Å². The van der Waals surface area contributed by atoms with Gasteiger partial charge in [0.25, 0.3) is 0 Å². The average molecular weight is 141 g/mol. The summed E-state index contributed by atoms with van der Waals surface area (Å²) in [6.07, 6.45) is 2.27. The summed E-state index contributed by atoms with van der Waals surface area (Å²) < 4.78 is 0. The molecule has 0 heterocycles. The highest BCUT2D eigenvalue weighted by molar-refractivity contribution is 7.99. The third-order valence-corrected chi connectivity index (χ3v) is 2.84. The summed E-state index contributed by atoms with van der Waals surface area (Å²) in [4.78, 5) is 0. The molecule has 0 aromatic rings. The maximum absolute atomic E-state index is 8.62. The lowest BCUT2D eigenvalue weighted by atomic mass is 10.2. The normalized spacial score (nSPS) is 20.9. The molecule has 2 heteroatoms. The summed E-state index contributed by atoms with van der Waals surface area (Å²) in [5.74, 6) is 2.20. The highest BCUT2D eigenvalue weighted by Crippen LogP contribution is 2.47. The van der Waals surface area contributed by atoms with Gasteiger partial charge in [0.15, 0.2) is 0 Å². The van der Waals surface area contributed by atoms with E-state index in [1.807, 2.05) is 11.8 Å². The number of hydrogen-bond donors (Lipinski definition) is 0. The van der Waals surface area contributed by atoms with Gasteiger partial charge in [-0.2, -0.15) is 17.0 Å². The van der Waals surface area contributed by atoms with E-state index in [9.17, 15) is 0 Å². The van der Waals surface area contributed by atoms with Crippen LogP contribution in [0.4, 0.5) is 0 Å². The summed E-state index contributed by atoms with van der Waals surface area (Å²) >= 11 is 1.88. The molecule has 0 amide bonds. The van der Waals surface area contributed by atoms with E-state index in [1.165, 1.54) is 0 Å². The topological polar surface area (TPSA) is 23.8 Å². The van der Waals surface area contributed by atoms with Crippen molar-refractivity contribution < 1.29 is 0 Å². The summed E-state index contributed by atoms with van der Waals surface area (Å²) in [7, 11) is 0. The van der Waals surface area contributed by atoms with Gasteiger partial charge >= 0.3 is 0 Å². The molecule has 0 radical (unpaired) electrons. The molecule has 9 heavy (non-hydrogen) atoms. The molecule has 1 nitrogen and oxygen atoms in total. The van der Waals surface area contributed by atoms with Crippen LogP contribution in [0.3, 0.4) is 0 Å². The van der Waals surface area contributed by atoms with E-state index in [1.54, 1.807) is 0 Å². The van der Waals surface area contributed by atoms with Crippen LogP contribution in [0, 0.1) is 16.7 Å². The highest BCUT2D eigenvalue weighted by atomic mass is 32.2. The molecule has 0 atom stereocenters. The van der Waals surface area contributed by atoms with Crippen molar-refractivity contribution in [1.82, 2.24) is 0 Å². The number of nitriles is 1. The molecule has 0 N–H and O–H groups in total. The van der Waals surface area contributed by atoms with Gasteiger partial charge in [0.1, 0.15) is 0 Å². The number of hydrogen-bond acceptors (Lipinski definition) is 2. The third-order valence-electron chi connectivity index (χ3n) is 1.67. The van der Waals surface area contributed by atoms with E-state index in [4.69, 9.17) is 5.26 Å². The van der Waals surface area contributed by atoms with E-state index in [2.05, 4.69) is 13.0 Å². The minimum atomic E-state index is 0.112. The first-order valence-electron chi connectivity index (χ1n) is 3.32. The zero-order chi connectivity index (χ0) is 6.74. The van der Waals surface area contributed by atoms with Gasteiger partial charge in [-0.05, 0) is 18.6 Å². The lowest BCUT2D eigenvalue weighted by Crippen LogP contribution is -1.99. The Balaban J connectivity index is 2.20. The Morgan fingerprint density at radius 3 is 2.67 bits per heavy atom. The summed E-state index contributed by atoms with van der Waals surface area (Å²) in [6.45, 7) is 2.14. The quantitative estimate of drug-likeness (QED) is 0.600. The van der Waals surface area contributed by atoms with Crippen molar-refractivity contribution in [3.63, 3.8) is 0 Å². The van der Waals surface area contributed by atoms with Crippen LogP contribution in [-0.4, -0.2) is 11.5 Å². The first-order valence-corrected chi connectivity index (χ1v) is 4.47. The van der Waals surface area contributed by atoms with Crippen LogP contribution in [0.15, 0.2) is 0 Å². The van der Waals surface area contributed by atoms with Gasteiger partial charge in [-0.15, -0.1) is 0 Å². The first-order chi connectivity index (χ1) is 4.33. The van der Waals surface area contributed by atoms with Crippen LogP contribution < -0.4 is 0 Å². The predicted octanol–water partition coefficient (Wildman–Crippen LogP) is 2.04. The molecule has 0 aromatic heterocycles. The zero-order valence-electron chi connectivity index (χ0n) is 5.68. The van der Waals surface area contributed by atoms with Gasteiger partial charge < -0.3 is 0 Å². The van der Waals surface area contributed by atoms with Crippen LogP contribution in [0.25, 0.3) is 0 Å². The molecular formula is C7H11NS. The SMILES string of the molecule is CCSCC1(C#N)CC1. The standard InChI is InChI=1S/C7H11NS/c1-2-9-6-7(5-8)3-4-7/h2-4,6H2,1H3. The van der Waals surface area contributed by atoms with E-state index < -0.39 is 0 Å². The second-order valence-electron chi connectivity index (χ2n) is 2.53. The van der Waals surface area contributed by atoms with Crippen molar-refractivity contribution in [2.75, 3.05) is 11.5 Å². The lowest BCUT2D eigenvalue weighted by molar-refractivity contribution is 0.782. The summed E-state index contributed by atoms with van der Waals surface area (Å²) in [6, 6.07) is 2.37. The van der Waals surface area contributed by atoms with Crippen LogP contribution in [0.1, 0.15) is 19.8 Å². The Labute approximate surface area is 60.4 Å². The molecule has 1 aliphatic carbocycles. The Kier molecular flexibility index (Phi) is 2.02. The van der Waals surface area contributed by atoms with Crippen LogP contribution in [0.2, 0.25) is 0 Å². The van der Waals surface area contributed by atoms with Gasteiger partial charge in [0.05, 0.1) is 11.5 Å². The van der Waals surface area contributed by atoms with Gasteiger partial charge in [-0.3, -0.25) is 0 Å². The van der Waals surface area contributed by atoms with Crippen molar-refractivity contribution in [3.05, 3.63) is 0 Å². The second-order valence-corrected chi connectivity index (χ2v) is 3.80. The molecule has 1 aliphatic rings. The Hall–Kier alpha value is -0.160. The maximum Gasteiger partial charge on any atom is 0.0698 e. The molecule has 0 spiro atoms. The van der Waals surface area contributed by atoms with Crippen LogP contribution in [0.5, 0.6) is 0 Å². The van der Waals surface area contributed by atoms with Crippen molar-refractivity contribution in [2.45, 2.75) is 19.8 Å². The van der Waals surface area contributed by atoms with Gasteiger partial charge in [0.2, 0.25) is 0 Å². The van der Waals surface area contributed by atoms with Gasteiger partial charge in [-0.25, -0.2) is 0 Å². The Morgan fingerprint density at radius 2 is 2.33 bits per heavy atom. The van der Waals surface area contributed by atoms with Gasteiger partial charge in [0, 0.05) is 5.75 Å². The smallest absolute Gasteiger partial charge is 0.0698 e. The highest BCUT2D eigenvalue weighted by Gasteiger charge is 2.42. The van der Waals surface area contributed by atoms with E-state index in [0.717, 1.165) is 24.3 Å². The number of rotatable bonds is 3. The Bertz CT molecular complexity index is 132. The van der Waals surface area contributed by atoms with E-state index in [-0.39, 0.29) is 5.41 Å². The Morgan fingerprint density at radius 1 is 1.67 bits per heavy atom. The lowest BCUT2D eigenvalue weighted by Gasteiger charge is -2.00. The summed E-state index contributed by atoms with van der Waals surface area (Å²) in [5, 5.41) is 8.62. The molecule has 1 saturated carbocycles. The number of nitrogens with zero attached hydrogens (tertiary/aromatic N) is 1. The second kappa shape index (κ2) is 2.62. The molecule has 0 aromatic carbocycles. The van der Waals surface area contributed by atoms with Crippen molar-refractivity contribution >= 4 is 11.8 Å². The molecular weight excluding hydrogens is 130 g/mol. The van der Waals surface area contributed by atoms with E-state index in [0.29, 0.717) is 0 Å². The zero-order valence-corrected chi connectivity index (χ0v) is 6.50. The molecule has 1 rings (SSSR count). The largest absolute Gasteiger partial charge is 0.198 e. The monoisotopic (exact) mass is 141 g/mol. The maximum atomic E-state index is 8.62. The van der Waals surface area contributed by atoms with Crippen molar-refractivity contribution in [1.29, 1.82) is 5.26 Å². The van der Waals surface area contributed by atoms with Gasteiger partial charge in [-0.1, -0.05) is 6.92 Å². The molecule has 0 unspecified atom stereocenters. The molecule has 0 bridgehead atoms. The van der Waals surface area contributed by atoms with E-state index >= 15 is 0 Å². The average Bonchev–Trinajstić information content (AvgIpc) is 2.65. The number of thioether (sulfide) groups is 1. The minimum Gasteiger partial charge on any atom is -0.198 e. The molecule has 1 fully saturated rings. The predicted molar refractivity (Wildman–Crippen MR) is 40.3 cm³/mol. The fraction of sp³-hybridized carbons (Fsp3) is 0.857. The molecule has 50 valence electrons. The summed E-state index contributed by atoms with van der Waals surface area (Å²) in [5.41, 5.74) is 0.112. The minimum absolute atomic E-state index is 0.112.